The fourth-order valence-electron chi connectivity index (χ4n) is 4.21. The van der Waals surface area contributed by atoms with Gasteiger partial charge in [-0.3, -0.25) is 4.79 Å². The molecule has 3 rings (SSSR count). The SMILES string of the molecule is CCC(C(=O)C1CCOC2(CCCC2)C1)c1ccccc1. The molecule has 114 valence electrons. The zero-order valence-electron chi connectivity index (χ0n) is 13.0. The highest BCUT2D eigenvalue weighted by molar-refractivity contribution is 5.88. The molecule has 1 aliphatic carbocycles. The van der Waals surface area contributed by atoms with E-state index in [4.69, 9.17) is 4.74 Å². The number of hydrogen-bond acceptors (Lipinski definition) is 2. The van der Waals surface area contributed by atoms with Crippen LogP contribution < -0.4 is 0 Å². The number of rotatable bonds is 4. The average Bonchev–Trinajstić information content (AvgIpc) is 2.97. The molecule has 0 aromatic heterocycles. The maximum atomic E-state index is 13.0. The lowest BCUT2D eigenvalue weighted by Gasteiger charge is -2.38. The summed E-state index contributed by atoms with van der Waals surface area (Å²) in [6.07, 6.45) is 7.58. The molecule has 2 unspecified atom stereocenters. The Morgan fingerprint density at radius 3 is 2.67 bits per heavy atom. The largest absolute Gasteiger partial charge is 0.375 e. The molecular formula is C19H26O2. The van der Waals surface area contributed by atoms with Gasteiger partial charge in [-0.15, -0.1) is 0 Å². The molecule has 1 aliphatic heterocycles. The summed E-state index contributed by atoms with van der Waals surface area (Å²) in [4.78, 5) is 13.0. The first kappa shape index (κ1) is 14.8. The van der Waals surface area contributed by atoms with E-state index in [0.29, 0.717) is 5.78 Å². The standard InChI is InChI=1S/C19H26O2/c1-2-17(15-8-4-3-5-9-15)18(20)16-10-13-21-19(14-16)11-6-7-12-19/h3-5,8-9,16-17H,2,6-7,10-14H2,1H3. The Morgan fingerprint density at radius 1 is 1.29 bits per heavy atom. The van der Waals surface area contributed by atoms with Crippen molar-refractivity contribution >= 4 is 5.78 Å². The summed E-state index contributed by atoms with van der Waals surface area (Å²) in [6, 6.07) is 10.3. The minimum Gasteiger partial charge on any atom is -0.375 e. The first-order valence-corrected chi connectivity index (χ1v) is 8.47. The van der Waals surface area contributed by atoms with Gasteiger partial charge in [0.1, 0.15) is 5.78 Å². The third-order valence-electron chi connectivity index (χ3n) is 5.36. The van der Waals surface area contributed by atoms with Crippen LogP contribution in [0.25, 0.3) is 0 Å². The van der Waals surface area contributed by atoms with Gasteiger partial charge in [-0.05, 0) is 37.7 Å². The molecule has 2 aliphatic rings. The molecule has 0 radical (unpaired) electrons. The molecule has 1 aromatic rings. The van der Waals surface area contributed by atoms with Crippen LogP contribution in [-0.2, 0) is 9.53 Å². The topological polar surface area (TPSA) is 26.3 Å². The first-order chi connectivity index (χ1) is 10.2. The molecule has 1 aromatic carbocycles. The summed E-state index contributed by atoms with van der Waals surface area (Å²) in [7, 11) is 0. The molecule has 2 atom stereocenters. The second kappa shape index (κ2) is 6.31. The molecule has 21 heavy (non-hydrogen) atoms. The Hall–Kier alpha value is -1.15. The van der Waals surface area contributed by atoms with Crippen LogP contribution in [0.1, 0.15) is 63.4 Å². The highest BCUT2D eigenvalue weighted by Crippen LogP contribution is 2.43. The van der Waals surface area contributed by atoms with Crippen molar-refractivity contribution in [1.29, 1.82) is 0 Å². The van der Waals surface area contributed by atoms with Gasteiger partial charge in [-0.2, -0.15) is 0 Å². The molecule has 1 saturated heterocycles. The maximum Gasteiger partial charge on any atom is 0.143 e. The van der Waals surface area contributed by atoms with Gasteiger partial charge in [0.2, 0.25) is 0 Å². The molecule has 1 spiro atoms. The lowest BCUT2D eigenvalue weighted by atomic mass is 9.77. The Labute approximate surface area is 127 Å². The second-order valence-electron chi connectivity index (χ2n) is 6.70. The van der Waals surface area contributed by atoms with E-state index in [0.717, 1.165) is 38.7 Å². The van der Waals surface area contributed by atoms with Gasteiger partial charge in [0.15, 0.2) is 0 Å². The Balaban J connectivity index is 1.74. The molecule has 0 bridgehead atoms. The van der Waals surface area contributed by atoms with Crippen molar-refractivity contribution in [3.63, 3.8) is 0 Å². The fourth-order valence-corrected chi connectivity index (χ4v) is 4.21. The zero-order valence-corrected chi connectivity index (χ0v) is 13.0. The Bertz CT molecular complexity index is 474. The van der Waals surface area contributed by atoms with Crippen LogP contribution in [-0.4, -0.2) is 18.0 Å². The number of ketones is 1. The average molecular weight is 286 g/mol. The second-order valence-corrected chi connectivity index (χ2v) is 6.70. The number of ether oxygens (including phenoxy) is 1. The van der Waals surface area contributed by atoms with E-state index >= 15 is 0 Å². The van der Waals surface area contributed by atoms with E-state index in [1.165, 1.54) is 18.4 Å². The summed E-state index contributed by atoms with van der Waals surface area (Å²) in [6.45, 7) is 2.89. The summed E-state index contributed by atoms with van der Waals surface area (Å²) in [5.41, 5.74) is 1.21. The van der Waals surface area contributed by atoms with Crippen molar-refractivity contribution in [2.24, 2.45) is 5.92 Å². The summed E-state index contributed by atoms with van der Waals surface area (Å²) in [5, 5.41) is 0. The van der Waals surface area contributed by atoms with Crippen LogP contribution in [0.2, 0.25) is 0 Å². The predicted octanol–water partition coefficient (Wildman–Crippen LogP) is 4.49. The summed E-state index contributed by atoms with van der Waals surface area (Å²) in [5.74, 6) is 0.702. The van der Waals surface area contributed by atoms with Gasteiger partial charge < -0.3 is 4.74 Å². The van der Waals surface area contributed by atoms with Gasteiger partial charge in [0.05, 0.1) is 5.60 Å². The fraction of sp³-hybridized carbons (Fsp3) is 0.632. The van der Waals surface area contributed by atoms with E-state index < -0.39 is 0 Å². The normalized spacial score (nSPS) is 25.9. The lowest BCUT2D eigenvalue weighted by Crippen LogP contribution is -2.40. The maximum absolute atomic E-state index is 13.0. The number of hydrogen-bond donors (Lipinski definition) is 0. The van der Waals surface area contributed by atoms with Crippen LogP contribution in [0.5, 0.6) is 0 Å². The molecule has 0 N–H and O–H groups in total. The molecule has 0 amide bonds. The smallest absolute Gasteiger partial charge is 0.143 e. The zero-order chi connectivity index (χ0) is 14.7. The van der Waals surface area contributed by atoms with Crippen LogP contribution in [0.4, 0.5) is 0 Å². The number of Topliss-reactive ketones (excluding diaryl/α,β-unsaturated/α-hetero) is 1. The van der Waals surface area contributed by atoms with Crippen molar-refractivity contribution in [1.82, 2.24) is 0 Å². The van der Waals surface area contributed by atoms with Gasteiger partial charge in [-0.1, -0.05) is 50.1 Å². The highest BCUT2D eigenvalue weighted by Gasteiger charge is 2.42. The Kier molecular flexibility index (Phi) is 4.44. The number of carbonyl (C=O) groups excluding carboxylic acids is 1. The van der Waals surface area contributed by atoms with E-state index in [1.807, 2.05) is 18.2 Å². The number of carbonyl (C=O) groups is 1. The van der Waals surface area contributed by atoms with Crippen molar-refractivity contribution in [2.45, 2.75) is 63.4 Å². The lowest BCUT2D eigenvalue weighted by molar-refractivity contribution is -0.137. The van der Waals surface area contributed by atoms with E-state index in [9.17, 15) is 4.79 Å². The Morgan fingerprint density at radius 2 is 2.00 bits per heavy atom. The van der Waals surface area contributed by atoms with Gasteiger partial charge in [-0.25, -0.2) is 0 Å². The van der Waals surface area contributed by atoms with Gasteiger partial charge >= 0.3 is 0 Å². The summed E-state index contributed by atoms with van der Waals surface area (Å²) >= 11 is 0. The van der Waals surface area contributed by atoms with Gasteiger partial charge in [0, 0.05) is 18.4 Å². The van der Waals surface area contributed by atoms with Crippen LogP contribution in [0.15, 0.2) is 30.3 Å². The highest BCUT2D eigenvalue weighted by atomic mass is 16.5. The quantitative estimate of drug-likeness (QED) is 0.815. The molecule has 1 heterocycles. The van der Waals surface area contributed by atoms with Crippen LogP contribution >= 0.6 is 0 Å². The molecule has 1 saturated carbocycles. The van der Waals surface area contributed by atoms with Crippen molar-refractivity contribution in [2.75, 3.05) is 6.61 Å². The van der Waals surface area contributed by atoms with Crippen molar-refractivity contribution < 1.29 is 9.53 Å². The minimum absolute atomic E-state index is 0.0353. The number of benzene rings is 1. The third-order valence-corrected chi connectivity index (χ3v) is 5.36. The first-order valence-electron chi connectivity index (χ1n) is 8.47. The van der Waals surface area contributed by atoms with Crippen molar-refractivity contribution in [3.8, 4) is 0 Å². The van der Waals surface area contributed by atoms with Gasteiger partial charge in [0.25, 0.3) is 0 Å². The van der Waals surface area contributed by atoms with Crippen LogP contribution in [0.3, 0.4) is 0 Å². The van der Waals surface area contributed by atoms with Crippen molar-refractivity contribution in [3.05, 3.63) is 35.9 Å². The molecule has 2 nitrogen and oxygen atoms in total. The minimum atomic E-state index is 0.0353. The third kappa shape index (κ3) is 3.06. The van der Waals surface area contributed by atoms with E-state index in [2.05, 4.69) is 19.1 Å². The van der Waals surface area contributed by atoms with Crippen LogP contribution in [0, 0.1) is 5.92 Å². The predicted molar refractivity (Wildman–Crippen MR) is 84.4 cm³/mol. The molecular weight excluding hydrogens is 260 g/mol. The monoisotopic (exact) mass is 286 g/mol. The molecule has 2 fully saturated rings. The van der Waals surface area contributed by atoms with E-state index in [-0.39, 0.29) is 17.4 Å². The molecule has 2 heteroatoms. The summed E-state index contributed by atoms with van der Waals surface area (Å²) < 4.78 is 6.07. The van der Waals surface area contributed by atoms with E-state index in [1.54, 1.807) is 0 Å².